The van der Waals surface area contributed by atoms with E-state index < -0.39 is 36.3 Å². The lowest BCUT2D eigenvalue weighted by Crippen LogP contribution is -2.46. The molecule has 2 aliphatic heterocycles. The van der Waals surface area contributed by atoms with E-state index >= 15 is 0 Å². The van der Waals surface area contributed by atoms with Gasteiger partial charge in [-0.2, -0.15) is 0 Å². The monoisotopic (exact) mass is 410 g/mol. The Hall–Kier alpha value is -3.88. The van der Waals surface area contributed by atoms with E-state index in [1.807, 2.05) is 0 Å². The molecule has 1 N–H and O–H groups in total. The van der Waals surface area contributed by atoms with Gasteiger partial charge in [-0.3, -0.25) is 24.1 Å². The van der Waals surface area contributed by atoms with Crippen molar-refractivity contribution in [2.24, 2.45) is 0 Å². The topological polar surface area (TPSA) is 111 Å². The highest BCUT2D eigenvalue weighted by Gasteiger charge is 2.33. The van der Waals surface area contributed by atoms with Crippen LogP contribution in [0.15, 0.2) is 42.5 Å². The van der Waals surface area contributed by atoms with Crippen molar-refractivity contribution < 1.29 is 33.4 Å². The van der Waals surface area contributed by atoms with Gasteiger partial charge >= 0.3 is 5.97 Å². The van der Waals surface area contributed by atoms with E-state index in [9.17, 15) is 19.2 Å². The first kappa shape index (κ1) is 19.4. The number of carbonyl (C=O) groups is 4. The molecule has 2 aromatic rings. The maximum Gasteiger partial charge on any atom is 0.326 e. The molecule has 0 saturated heterocycles. The van der Waals surface area contributed by atoms with Crippen LogP contribution in [-0.2, 0) is 25.5 Å². The first-order chi connectivity index (χ1) is 14.4. The number of nitrogens with zero attached hydrogens (tertiary/aromatic N) is 1. The second kappa shape index (κ2) is 7.86. The number of nitrogens with one attached hydrogen (secondary N) is 1. The zero-order valence-corrected chi connectivity index (χ0v) is 16.0. The number of hydrogen-bond acceptors (Lipinski definition) is 7. The minimum Gasteiger partial charge on any atom is -0.454 e. The van der Waals surface area contributed by atoms with E-state index in [4.69, 9.17) is 14.2 Å². The maximum absolute atomic E-state index is 12.5. The van der Waals surface area contributed by atoms with Crippen molar-refractivity contribution in [3.63, 3.8) is 0 Å². The number of rotatable bonds is 5. The molecule has 0 spiro atoms. The summed E-state index contributed by atoms with van der Waals surface area (Å²) < 4.78 is 15.6. The van der Waals surface area contributed by atoms with Crippen molar-refractivity contribution in [1.82, 2.24) is 4.90 Å². The van der Waals surface area contributed by atoms with Crippen LogP contribution in [0.5, 0.6) is 11.5 Å². The van der Waals surface area contributed by atoms with Gasteiger partial charge < -0.3 is 19.5 Å². The van der Waals surface area contributed by atoms with Crippen LogP contribution in [0.2, 0.25) is 0 Å². The molecular weight excluding hydrogens is 392 g/mol. The number of fused-ring (bicyclic) bond motifs is 2. The van der Waals surface area contributed by atoms with Crippen LogP contribution in [0.25, 0.3) is 0 Å². The molecule has 9 nitrogen and oxygen atoms in total. The van der Waals surface area contributed by atoms with E-state index in [0.29, 0.717) is 28.3 Å². The summed E-state index contributed by atoms with van der Waals surface area (Å²) in [5, 5.41) is 2.61. The van der Waals surface area contributed by atoms with Crippen LogP contribution in [0.3, 0.4) is 0 Å². The zero-order valence-electron chi connectivity index (χ0n) is 16.0. The van der Waals surface area contributed by atoms with Gasteiger partial charge in [0.2, 0.25) is 12.7 Å². The van der Waals surface area contributed by atoms with Gasteiger partial charge in [0.15, 0.2) is 17.6 Å². The molecule has 0 aliphatic carbocycles. The molecule has 2 aliphatic rings. The third-order valence-electron chi connectivity index (χ3n) is 4.74. The first-order valence-corrected chi connectivity index (χ1v) is 9.25. The highest BCUT2D eigenvalue weighted by Crippen LogP contribution is 2.34. The van der Waals surface area contributed by atoms with Crippen LogP contribution >= 0.6 is 0 Å². The van der Waals surface area contributed by atoms with Crippen LogP contribution in [0.1, 0.15) is 22.8 Å². The molecule has 4 rings (SSSR count). The molecule has 9 heteroatoms. The van der Waals surface area contributed by atoms with Gasteiger partial charge in [-0.25, -0.2) is 0 Å². The third-order valence-corrected chi connectivity index (χ3v) is 4.74. The number of imide groups is 1. The largest absolute Gasteiger partial charge is 0.454 e. The van der Waals surface area contributed by atoms with Gasteiger partial charge in [0.1, 0.15) is 6.54 Å². The van der Waals surface area contributed by atoms with Crippen LogP contribution in [0, 0.1) is 0 Å². The lowest BCUT2D eigenvalue weighted by Gasteiger charge is -2.26. The fourth-order valence-electron chi connectivity index (χ4n) is 3.20. The van der Waals surface area contributed by atoms with Crippen LogP contribution in [0.4, 0.5) is 5.69 Å². The van der Waals surface area contributed by atoms with E-state index in [1.54, 1.807) is 42.5 Å². The predicted molar refractivity (Wildman–Crippen MR) is 103 cm³/mol. The summed E-state index contributed by atoms with van der Waals surface area (Å²) in [7, 11) is 0. The van der Waals surface area contributed by atoms with Gasteiger partial charge in [0.25, 0.3) is 11.8 Å². The number of anilines is 1. The summed E-state index contributed by atoms with van der Waals surface area (Å²) in [5.74, 6) is -1.40. The highest BCUT2D eigenvalue weighted by molar-refractivity contribution is 6.11. The third kappa shape index (κ3) is 3.82. The Bertz CT molecular complexity index is 1050. The van der Waals surface area contributed by atoms with E-state index in [2.05, 4.69) is 5.32 Å². The van der Waals surface area contributed by atoms with Crippen molar-refractivity contribution in [1.29, 1.82) is 0 Å². The fraction of sp³-hybridized carbons (Fsp3) is 0.238. The lowest BCUT2D eigenvalue weighted by molar-refractivity contribution is -0.155. The number of ether oxygens (including phenoxy) is 3. The van der Waals surface area contributed by atoms with Crippen molar-refractivity contribution in [2.45, 2.75) is 19.4 Å². The second-order valence-corrected chi connectivity index (χ2v) is 6.81. The quantitative estimate of drug-likeness (QED) is 0.587. The van der Waals surface area contributed by atoms with Gasteiger partial charge in [-0.1, -0.05) is 18.2 Å². The van der Waals surface area contributed by atoms with Crippen molar-refractivity contribution in [3.05, 3.63) is 53.6 Å². The summed E-state index contributed by atoms with van der Waals surface area (Å²) in [6.45, 7) is 0.947. The Kier molecular flexibility index (Phi) is 5.09. The average molecular weight is 410 g/mol. The standard InChI is InChI=1S/C21H18N2O7/c1-12(20(26)22-14-6-7-16-17(9-14)29-11-28-16)30-19(25)10-23-18(24)8-13-4-2-3-5-15(13)21(23)27/h2-7,9,12H,8,10-11H2,1H3,(H,22,26)/t12-/m1/s1. The minimum atomic E-state index is -1.13. The van der Waals surface area contributed by atoms with E-state index in [0.717, 1.165) is 4.90 Å². The SMILES string of the molecule is C[C@@H](OC(=O)CN1C(=O)Cc2ccccc2C1=O)C(=O)Nc1ccc2c(c1)OCO2. The summed E-state index contributed by atoms with van der Waals surface area (Å²) >= 11 is 0. The Labute approximate surface area is 171 Å². The molecule has 3 amide bonds. The molecule has 0 saturated carbocycles. The normalized spacial score (nSPS) is 15.4. The molecule has 0 bridgehead atoms. The smallest absolute Gasteiger partial charge is 0.326 e. The van der Waals surface area contributed by atoms with Gasteiger partial charge in [-0.15, -0.1) is 0 Å². The Morgan fingerprint density at radius 2 is 1.90 bits per heavy atom. The van der Waals surface area contributed by atoms with Crippen molar-refractivity contribution in [3.8, 4) is 11.5 Å². The molecule has 2 heterocycles. The summed E-state index contributed by atoms with van der Waals surface area (Å²) in [6, 6.07) is 11.6. The lowest BCUT2D eigenvalue weighted by atomic mass is 9.98. The van der Waals surface area contributed by atoms with Crippen molar-refractivity contribution in [2.75, 3.05) is 18.7 Å². The molecule has 30 heavy (non-hydrogen) atoms. The van der Waals surface area contributed by atoms with Gasteiger partial charge in [0, 0.05) is 17.3 Å². The van der Waals surface area contributed by atoms with Crippen LogP contribution < -0.4 is 14.8 Å². The highest BCUT2D eigenvalue weighted by atomic mass is 16.7. The Morgan fingerprint density at radius 1 is 1.13 bits per heavy atom. The summed E-state index contributed by atoms with van der Waals surface area (Å²) in [4.78, 5) is 50.2. The zero-order chi connectivity index (χ0) is 21.3. The number of esters is 1. The summed E-state index contributed by atoms with van der Waals surface area (Å²) in [6.07, 6.45) is -1.11. The number of carbonyl (C=O) groups excluding carboxylic acids is 4. The summed E-state index contributed by atoms with van der Waals surface area (Å²) in [5.41, 5.74) is 1.44. The van der Waals surface area contributed by atoms with E-state index in [1.165, 1.54) is 6.92 Å². The predicted octanol–water partition coefficient (Wildman–Crippen LogP) is 1.51. The van der Waals surface area contributed by atoms with Gasteiger partial charge in [-0.05, 0) is 30.7 Å². The van der Waals surface area contributed by atoms with E-state index in [-0.39, 0.29) is 13.2 Å². The maximum atomic E-state index is 12.5. The number of amides is 3. The Balaban J connectivity index is 1.35. The molecule has 154 valence electrons. The molecule has 0 radical (unpaired) electrons. The minimum absolute atomic E-state index is 0.0232. The molecule has 2 aromatic carbocycles. The Morgan fingerprint density at radius 3 is 2.73 bits per heavy atom. The van der Waals surface area contributed by atoms with Crippen LogP contribution in [-0.4, -0.2) is 48.0 Å². The molecular formula is C21H18N2O7. The van der Waals surface area contributed by atoms with Gasteiger partial charge in [0.05, 0.1) is 6.42 Å². The molecule has 0 aromatic heterocycles. The molecule has 0 unspecified atom stereocenters. The first-order valence-electron chi connectivity index (χ1n) is 9.25. The average Bonchev–Trinajstić information content (AvgIpc) is 3.19. The molecule has 0 fully saturated rings. The number of benzene rings is 2. The molecule has 1 atom stereocenters. The number of hydrogen-bond donors (Lipinski definition) is 1. The fourth-order valence-corrected chi connectivity index (χ4v) is 3.20. The second-order valence-electron chi connectivity index (χ2n) is 6.81. The van der Waals surface area contributed by atoms with Crippen molar-refractivity contribution >= 4 is 29.4 Å².